The third kappa shape index (κ3) is 1.99. The van der Waals surface area contributed by atoms with E-state index in [1.165, 1.54) is 4.90 Å². The lowest BCUT2D eigenvalue weighted by Gasteiger charge is -2.17. The largest absolute Gasteiger partial charge is 0.309 e. The Balaban J connectivity index is 2.40. The molecule has 0 N–H and O–H groups in total. The van der Waals surface area contributed by atoms with Gasteiger partial charge < -0.3 is 4.90 Å². The quantitative estimate of drug-likeness (QED) is 0.724. The topological polar surface area (TPSA) is 44.1 Å². The first-order valence-electron chi connectivity index (χ1n) is 4.76. The molecule has 1 aliphatic heterocycles. The summed E-state index contributed by atoms with van der Waals surface area (Å²) in [5.41, 5.74) is 1.04. The Hall–Kier alpha value is -1.24. The number of hydrogen-bond acceptors (Lipinski definition) is 2. The van der Waals surface area contributed by atoms with Crippen molar-refractivity contribution in [1.29, 1.82) is 5.26 Å². The molecule has 2 rings (SSSR count). The molecule has 82 valence electrons. The molecule has 1 aromatic rings. The Morgan fingerprint density at radius 3 is 2.81 bits per heavy atom. The summed E-state index contributed by atoms with van der Waals surface area (Å²) in [4.78, 5) is 13.2. The zero-order chi connectivity index (χ0) is 11.7. The summed E-state index contributed by atoms with van der Waals surface area (Å²) in [6, 6.07) is 6.85. The van der Waals surface area contributed by atoms with Crippen LogP contribution < -0.4 is 4.90 Å². The first-order chi connectivity index (χ1) is 7.61. The summed E-state index contributed by atoms with van der Waals surface area (Å²) in [6.45, 7) is 0.439. The Morgan fingerprint density at radius 2 is 2.25 bits per heavy atom. The Bertz CT molecular complexity index is 481. The first kappa shape index (κ1) is 11.3. The number of rotatable bonds is 1. The molecule has 1 saturated heterocycles. The molecule has 0 spiro atoms. The average Bonchev–Trinajstić information content (AvgIpc) is 2.58. The standard InChI is InChI=1S/C11H8Cl2N2O/c12-8-4-11(16)15(6-8)10-3-7(5-14)1-2-9(10)13/h1-3,8H,4,6H2. The first-order valence-corrected chi connectivity index (χ1v) is 5.57. The summed E-state index contributed by atoms with van der Waals surface area (Å²) in [5, 5.41) is 9.06. The van der Waals surface area contributed by atoms with Crippen LogP contribution in [0, 0.1) is 11.3 Å². The molecular weight excluding hydrogens is 247 g/mol. The number of benzene rings is 1. The lowest BCUT2D eigenvalue weighted by atomic mass is 10.2. The molecule has 1 aliphatic rings. The van der Waals surface area contributed by atoms with Gasteiger partial charge in [-0.2, -0.15) is 5.26 Å². The summed E-state index contributed by atoms with van der Waals surface area (Å²) in [7, 11) is 0. The van der Waals surface area contributed by atoms with Gasteiger partial charge in [-0.15, -0.1) is 11.6 Å². The van der Waals surface area contributed by atoms with E-state index in [-0.39, 0.29) is 11.3 Å². The molecule has 1 fully saturated rings. The van der Waals surface area contributed by atoms with Gasteiger partial charge in [-0.25, -0.2) is 0 Å². The lowest BCUT2D eigenvalue weighted by Crippen LogP contribution is -2.24. The molecule has 1 unspecified atom stereocenters. The third-order valence-corrected chi connectivity index (χ3v) is 3.06. The van der Waals surface area contributed by atoms with Crippen molar-refractivity contribution in [3.8, 4) is 6.07 Å². The highest BCUT2D eigenvalue weighted by Gasteiger charge is 2.30. The number of halogens is 2. The number of hydrogen-bond donors (Lipinski definition) is 0. The number of amides is 1. The van der Waals surface area contributed by atoms with E-state index in [0.29, 0.717) is 29.2 Å². The molecule has 3 nitrogen and oxygen atoms in total. The van der Waals surface area contributed by atoms with E-state index in [1.807, 2.05) is 6.07 Å². The molecule has 1 aromatic carbocycles. The summed E-state index contributed by atoms with van der Waals surface area (Å²) >= 11 is 11.9. The zero-order valence-corrected chi connectivity index (χ0v) is 9.79. The van der Waals surface area contributed by atoms with Crippen LogP contribution in [0.1, 0.15) is 12.0 Å². The van der Waals surface area contributed by atoms with Crippen LogP contribution in [-0.4, -0.2) is 17.8 Å². The molecule has 0 saturated carbocycles. The van der Waals surface area contributed by atoms with Gasteiger partial charge in [0.05, 0.1) is 27.7 Å². The average molecular weight is 255 g/mol. The van der Waals surface area contributed by atoms with Crippen molar-refractivity contribution in [2.24, 2.45) is 0 Å². The van der Waals surface area contributed by atoms with Gasteiger partial charge in [0.15, 0.2) is 0 Å². The van der Waals surface area contributed by atoms with Crippen molar-refractivity contribution < 1.29 is 4.79 Å². The summed E-state index contributed by atoms with van der Waals surface area (Å²) in [5.74, 6) is -0.0583. The van der Waals surface area contributed by atoms with Gasteiger partial charge in [0.2, 0.25) is 5.91 Å². The van der Waals surface area contributed by atoms with Crippen LogP contribution in [0.3, 0.4) is 0 Å². The zero-order valence-electron chi connectivity index (χ0n) is 8.28. The Kier molecular flexibility index (Phi) is 3.04. The van der Waals surface area contributed by atoms with Gasteiger partial charge in [0.1, 0.15) is 0 Å². The van der Waals surface area contributed by atoms with Crippen molar-refractivity contribution in [2.45, 2.75) is 11.8 Å². The lowest BCUT2D eigenvalue weighted by molar-refractivity contribution is -0.117. The van der Waals surface area contributed by atoms with Gasteiger partial charge >= 0.3 is 0 Å². The van der Waals surface area contributed by atoms with Gasteiger partial charge in [0.25, 0.3) is 0 Å². The van der Waals surface area contributed by atoms with Crippen LogP contribution in [0.4, 0.5) is 5.69 Å². The molecular formula is C11H8Cl2N2O. The van der Waals surface area contributed by atoms with Crippen molar-refractivity contribution in [3.63, 3.8) is 0 Å². The van der Waals surface area contributed by atoms with E-state index < -0.39 is 0 Å². The second-order valence-electron chi connectivity index (χ2n) is 3.58. The Morgan fingerprint density at radius 1 is 1.50 bits per heavy atom. The smallest absolute Gasteiger partial charge is 0.228 e. The van der Waals surface area contributed by atoms with Gasteiger partial charge in [0, 0.05) is 13.0 Å². The predicted octanol–water partition coefficient (Wildman–Crippen LogP) is 2.56. The van der Waals surface area contributed by atoms with Gasteiger partial charge in [-0.1, -0.05) is 11.6 Å². The van der Waals surface area contributed by atoms with E-state index in [9.17, 15) is 4.79 Å². The summed E-state index contributed by atoms with van der Waals surface area (Å²) < 4.78 is 0. The van der Waals surface area contributed by atoms with E-state index in [1.54, 1.807) is 18.2 Å². The maximum Gasteiger partial charge on any atom is 0.228 e. The number of anilines is 1. The number of nitrogens with zero attached hydrogens (tertiary/aromatic N) is 2. The van der Waals surface area contributed by atoms with Crippen molar-refractivity contribution in [3.05, 3.63) is 28.8 Å². The minimum atomic E-state index is -0.186. The van der Waals surface area contributed by atoms with Crippen molar-refractivity contribution in [1.82, 2.24) is 0 Å². The second kappa shape index (κ2) is 4.32. The molecule has 5 heteroatoms. The van der Waals surface area contributed by atoms with E-state index >= 15 is 0 Å². The second-order valence-corrected chi connectivity index (χ2v) is 4.61. The van der Waals surface area contributed by atoms with Crippen LogP contribution >= 0.6 is 23.2 Å². The monoisotopic (exact) mass is 254 g/mol. The fraction of sp³-hybridized carbons (Fsp3) is 0.273. The van der Waals surface area contributed by atoms with Gasteiger partial charge in [-0.3, -0.25) is 4.79 Å². The third-order valence-electron chi connectivity index (χ3n) is 2.44. The fourth-order valence-electron chi connectivity index (χ4n) is 1.69. The van der Waals surface area contributed by atoms with E-state index in [2.05, 4.69) is 0 Å². The van der Waals surface area contributed by atoms with E-state index in [0.717, 1.165) is 0 Å². The highest BCUT2D eigenvalue weighted by molar-refractivity contribution is 6.34. The molecule has 16 heavy (non-hydrogen) atoms. The maximum absolute atomic E-state index is 11.6. The van der Waals surface area contributed by atoms with Crippen molar-refractivity contribution in [2.75, 3.05) is 11.4 Å². The van der Waals surface area contributed by atoms with Crippen LogP contribution in [0.25, 0.3) is 0 Å². The molecule has 0 aliphatic carbocycles. The summed E-state index contributed by atoms with van der Waals surface area (Å²) in [6.07, 6.45) is 0.314. The van der Waals surface area contributed by atoms with Gasteiger partial charge in [-0.05, 0) is 18.2 Å². The maximum atomic E-state index is 11.6. The fourth-order valence-corrected chi connectivity index (χ4v) is 2.18. The number of carbonyl (C=O) groups is 1. The number of carbonyl (C=O) groups excluding carboxylic acids is 1. The number of alkyl halides is 1. The van der Waals surface area contributed by atoms with Crippen molar-refractivity contribution >= 4 is 34.8 Å². The molecule has 1 atom stereocenters. The molecule has 0 radical (unpaired) electrons. The molecule has 0 aromatic heterocycles. The van der Waals surface area contributed by atoms with Crippen LogP contribution in [0.2, 0.25) is 5.02 Å². The SMILES string of the molecule is N#Cc1ccc(Cl)c(N2CC(Cl)CC2=O)c1. The molecule has 1 amide bonds. The van der Waals surface area contributed by atoms with E-state index in [4.69, 9.17) is 28.5 Å². The molecule has 0 bridgehead atoms. The van der Waals surface area contributed by atoms with Crippen LogP contribution in [-0.2, 0) is 4.79 Å². The minimum absolute atomic E-state index is 0.0583. The minimum Gasteiger partial charge on any atom is -0.309 e. The Labute approximate surface area is 103 Å². The van der Waals surface area contributed by atoms with Crippen LogP contribution in [0.5, 0.6) is 0 Å². The predicted molar refractivity (Wildman–Crippen MR) is 62.8 cm³/mol. The molecule has 1 heterocycles. The number of nitriles is 1. The normalized spacial score (nSPS) is 19.9. The highest BCUT2D eigenvalue weighted by Crippen LogP contribution is 2.31. The van der Waals surface area contributed by atoms with Crippen LogP contribution in [0.15, 0.2) is 18.2 Å². The highest BCUT2D eigenvalue weighted by atomic mass is 35.5.